The minimum absolute atomic E-state index is 0.0474. The summed E-state index contributed by atoms with van der Waals surface area (Å²) in [5.74, 6) is -0.0886. The van der Waals surface area contributed by atoms with Crippen LogP contribution in [0, 0.1) is 0 Å². The molecule has 2 aromatic carbocycles. The van der Waals surface area contributed by atoms with Crippen LogP contribution >= 0.6 is 11.6 Å². The number of aromatic nitrogens is 2. The molecule has 0 aliphatic heterocycles. The van der Waals surface area contributed by atoms with Crippen LogP contribution < -0.4 is 19.5 Å². The minimum atomic E-state index is -0.595. The normalized spacial score (nSPS) is 10.5. The smallest absolute Gasteiger partial charge is 0.308 e. The van der Waals surface area contributed by atoms with Crippen molar-refractivity contribution in [3.63, 3.8) is 0 Å². The van der Waals surface area contributed by atoms with Crippen LogP contribution in [0.4, 0.5) is 5.69 Å². The molecule has 0 atom stereocenters. The molecule has 1 N–H and O–H groups in total. The van der Waals surface area contributed by atoms with Crippen molar-refractivity contribution >= 4 is 40.1 Å². The van der Waals surface area contributed by atoms with Gasteiger partial charge in [-0.1, -0.05) is 23.7 Å². The number of methoxy groups -OCH3 is 1. The van der Waals surface area contributed by atoms with Crippen molar-refractivity contribution in [2.45, 2.75) is 6.92 Å². The van der Waals surface area contributed by atoms with Crippen LogP contribution in [0.3, 0.4) is 0 Å². The lowest BCUT2D eigenvalue weighted by atomic mass is 10.2. The molecule has 2 aromatic heterocycles. The van der Waals surface area contributed by atoms with E-state index in [0.29, 0.717) is 27.9 Å². The molecule has 0 radical (unpaired) electrons. The number of nitrogens with zero attached hydrogens (tertiary/aromatic N) is 2. The zero-order valence-corrected chi connectivity index (χ0v) is 18.4. The van der Waals surface area contributed by atoms with Crippen molar-refractivity contribution in [2.75, 3.05) is 12.4 Å². The Bertz CT molecular complexity index is 1360. The van der Waals surface area contributed by atoms with E-state index in [9.17, 15) is 9.59 Å². The molecule has 0 fully saturated rings. The SMILES string of the molecule is COc1ccnc(C(=O)Nc2ccc3nc(Oc4ccccc4Cl)ccc3c2)c1OC(C)=O. The van der Waals surface area contributed by atoms with Gasteiger partial charge in [0.1, 0.15) is 5.75 Å². The van der Waals surface area contributed by atoms with Crippen LogP contribution in [0.2, 0.25) is 5.02 Å². The monoisotopic (exact) mass is 463 g/mol. The Morgan fingerprint density at radius 3 is 2.58 bits per heavy atom. The number of benzene rings is 2. The molecular weight excluding hydrogens is 446 g/mol. The number of rotatable bonds is 6. The van der Waals surface area contributed by atoms with E-state index in [2.05, 4.69) is 15.3 Å². The number of carbonyl (C=O) groups excluding carboxylic acids is 2. The van der Waals surface area contributed by atoms with Crippen LogP contribution in [-0.4, -0.2) is 29.0 Å². The zero-order valence-electron chi connectivity index (χ0n) is 17.7. The molecular formula is C24H18ClN3O5. The number of halogens is 1. The van der Waals surface area contributed by atoms with Gasteiger partial charge in [0.05, 0.1) is 17.6 Å². The Hall–Kier alpha value is -4.17. The third-order valence-corrected chi connectivity index (χ3v) is 4.83. The minimum Gasteiger partial charge on any atom is -0.493 e. The highest BCUT2D eigenvalue weighted by molar-refractivity contribution is 6.32. The summed E-state index contributed by atoms with van der Waals surface area (Å²) in [5, 5.41) is 4.01. The number of ether oxygens (including phenoxy) is 3. The van der Waals surface area contributed by atoms with Gasteiger partial charge in [-0.25, -0.2) is 9.97 Å². The van der Waals surface area contributed by atoms with E-state index in [1.165, 1.54) is 26.3 Å². The van der Waals surface area contributed by atoms with Crippen molar-refractivity contribution in [1.82, 2.24) is 9.97 Å². The fraction of sp³-hybridized carbons (Fsp3) is 0.0833. The average Bonchev–Trinajstić information content (AvgIpc) is 2.80. The molecule has 33 heavy (non-hydrogen) atoms. The lowest BCUT2D eigenvalue weighted by molar-refractivity contribution is -0.132. The Morgan fingerprint density at radius 2 is 1.82 bits per heavy atom. The van der Waals surface area contributed by atoms with Crippen molar-refractivity contribution < 1.29 is 23.8 Å². The summed E-state index contributed by atoms with van der Waals surface area (Å²) in [7, 11) is 1.41. The molecule has 8 nitrogen and oxygen atoms in total. The van der Waals surface area contributed by atoms with Crippen LogP contribution in [-0.2, 0) is 4.79 Å². The average molecular weight is 464 g/mol. The second-order valence-corrected chi connectivity index (χ2v) is 7.24. The molecule has 0 saturated carbocycles. The summed E-state index contributed by atoms with van der Waals surface area (Å²) in [5.41, 5.74) is 1.09. The lowest BCUT2D eigenvalue weighted by Crippen LogP contribution is -2.17. The highest BCUT2D eigenvalue weighted by Gasteiger charge is 2.21. The summed E-state index contributed by atoms with van der Waals surface area (Å²) < 4.78 is 16.1. The largest absolute Gasteiger partial charge is 0.493 e. The topological polar surface area (TPSA) is 99.6 Å². The lowest BCUT2D eigenvalue weighted by Gasteiger charge is -2.12. The van der Waals surface area contributed by atoms with E-state index in [4.69, 9.17) is 25.8 Å². The van der Waals surface area contributed by atoms with E-state index in [1.807, 2.05) is 18.2 Å². The summed E-state index contributed by atoms with van der Waals surface area (Å²) in [6.07, 6.45) is 1.39. The first-order valence-corrected chi connectivity index (χ1v) is 10.2. The Kier molecular flexibility index (Phi) is 6.37. The first kappa shape index (κ1) is 22.0. The number of nitrogens with one attached hydrogen (secondary N) is 1. The second kappa shape index (κ2) is 9.54. The summed E-state index contributed by atoms with van der Waals surface area (Å²) in [6, 6.07) is 17.3. The van der Waals surface area contributed by atoms with E-state index < -0.39 is 11.9 Å². The highest BCUT2D eigenvalue weighted by Crippen LogP contribution is 2.31. The van der Waals surface area contributed by atoms with Crippen LogP contribution in [0.15, 0.2) is 66.9 Å². The number of para-hydroxylation sites is 1. The highest BCUT2D eigenvalue weighted by atomic mass is 35.5. The molecule has 0 aliphatic carbocycles. The predicted octanol–water partition coefficient (Wildman–Crippen LogP) is 5.26. The van der Waals surface area contributed by atoms with E-state index >= 15 is 0 Å². The Balaban J connectivity index is 1.57. The molecule has 4 aromatic rings. The van der Waals surface area contributed by atoms with Gasteiger partial charge in [-0.05, 0) is 36.4 Å². The number of esters is 1. The summed E-state index contributed by atoms with van der Waals surface area (Å²) in [4.78, 5) is 32.8. The van der Waals surface area contributed by atoms with Crippen LogP contribution in [0.5, 0.6) is 23.1 Å². The first-order valence-electron chi connectivity index (χ1n) is 9.80. The maximum Gasteiger partial charge on any atom is 0.308 e. The van der Waals surface area contributed by atoms with E-state index in [-0.39, 0.29) is 17.2 Å². The molecule has 0 spiro atoms. The third-order valence-electron chi connectivity index (χ3n) is 4.52. The van der Waals surface area contributed by atoms with Gasteiger partial charge in [0, 0.05) is 36.3 Å². The molecule has 9 heteroatoms. The van der Waals surface area contributed by atoms with Crippen molar-refractivity contribution in [1.29, 1.82) is 0 Å². The van der Waals surface area contributed by atoms with Crippen LogP contribution in [0.1, 0.15) is 17.4 Å². The third kappa shape index (κ3) is 5.02. The quantitative estimate of drug-likeness (QED) is 0.389. The second-order valence-electron chi connectivity index (χ2n) is 6.83. The summed E-state index contributed by atoms with van der Waals surface area (Å²) >= 11 is 6.14. The van der Waals surface area contributed by atoms with E-state index in [0.717, 1.165) is 5.39 Å². The van der Waals surface area contributed by atoms with Gasteiger partial charge in [-0.2, -0.15) is 0 Å². The first-order chi connectivity index (χ1) is 15.9. The van der Waals surface area contributed by atoms with Crippen molar-refractivity contribution in [3.05, 3.63) is 77.6 Å². The maximum absolute atomic E-state index is 12.8. The number of pyridine rings is 2. The Morgan fingerprint density at radius 1 is 1.00 bits per heavy atom. The maximum atomic E-state index is 12.8. The predicted molar refractivity (Wildman–Crippen MR) is 123 cm³/mol. The number of amides is 1. The molecule has 0 bridgehead atoms. The number of anilines is 1. The van der Waals surface area contributed by atoms with Gasteiger partial charge in [-0.3, -0.25) is 9.59 Å². The molecule has 4 rings (SSSR count). The number of hydrogen-bond acceptors (Lipinski definition) is 7. The van der Waals surface area contributed by atoms with Gasteiger partial charge < -0.3 is 19.5 Å². The summed E-state index contributed by atoms with van der Waals surface area (Å²) in [6.45, 7) is 1.23. The van der Waals surface area contributed by atoms with Crippen LogP contribution in [0.25, 0.3) is 10.9 Å². The van der Waals surface area contributed by atoms with Crippen molar-refractivity contribution in [2.24, 2.45) is 0 Å². The molecule has 1 amide bonds. The number of fused-ring (bicyclic) bond motifs is 1. The molecule has 166 valence electrons. The van der Waals surface area contributed by atoms with Gasteiger partial charge >= 0.3 is 5.97 Å². The van der Waals surface area contributed by atoms with Crippen molar-refractivity contribution in [3.8, 4) is 23.1 Å². The molecule has 0 unspecified atom stereocenters. The molecule has 2 heterocycles. The number of hydrogen-bond donors (Lipinski definition) is 1. The standard InChI is InChI=1S/C24H18ClN3O5/c1-14(29)32-23-20(31-2)11-12-26-22(23)24(30)27-16-8-9-18-15(13-16)7-10-21(28-18)33-19-6-4-3-5-17(19)25/h3-13H,1-2H3,(H,27,30). The van der Waals surface area contributed by atoms with Gasteiger partial charge in [0.25, 0.3) is 5.91 Å². The Labute approximate surface area is 194 Å². The fourth-order valence-electron chi connectivity index (χ4n) is 3.07. The van der Waals surface area contributed by atoms with Gasteiger partial charge in [0.15, 0.2) is 11.4 Å². The number of carbonyl (C=O) groups is 2. The zero-order chi connectivity index (χ0) is 23.4. The fourth-order valence-corrected chi connectivity index (χ4v) is 3.24. The van der Waals surface area contributed by atoms with Gasteiger partial charge in [0.2, 0.25) is 11.6 Å². The molecule has 0 aliphatic rings. The molecule has 0 saturated heterocycles. The van der Waals surface area contributed by atoms with Gasteiger partial charge in [-0.15, -0.1) is 0 Å². The van der Waals surface area contributed by atoms with E-state index in [1.54, 1.807) is 36.4 Å².